The van der Waals surface area contributed by atoms with Gasteiger partial charge in [-0.15, -0.1) is 0 Å². The summed E-state index contributed by atoms with van der Waals surface area (Å²) in [6.07, 6.45) is 2.27. The number of amides is 1. The van der Waals surface area contributed by atoms with Gasteiger partial charge in [0.25, 0.3) is 0 Å². The molecule has 0 radical (unpaired) electrons. The zero-order valence-electron chi connectivity index (χ0n) is 13.8. The predicted octanol–water partition coefficient (Wildman–Crippen LogP) is 2.39. The first kappa shape index (κ1) is 16.0. The smallest absolute Gasteiger partial charge is 0.249 e. The van der Waals surface area contributed by atoms with Gasteiger partial charge in [-0.05, 0) is 43.9 Å². The van der Waals surface area contributed by atoms with Crippen molar-refractivity contribution in [2.45, 2.75) is 45.3 Å². The van der Waals surface area contributed by atoms with Crippen molar-refractivity contribution >= 4 is 5.91 Å². The molecule has 0 saturated carbocycles. The number of hydrogen-bond donors (Lipinski definition) is 0. The molecule has 1 aromatic rings. The van der Waals surface area contributed by atoms with Crippen LogP contribution in [0.4, 0.5) is 0 Å². The van der Waals surface area contributed by atoms with E-state index in [1.54, 1.807) is 0 Å². The average Bonchev–Trinajstić information content (AvgIpc) is 2.87. The van der Waals surface area contributed by atoms with Crippen molar-refractivity contribution in [3.05, 3.63) is 34.9 Å². The monoisotopic (exact) mass is 313 g/mol. The number of nitrogens with zero attached hydrogens (tertiary/aromatic N) is 3. The number of carbonyl (C=O) groups is 1. The van der Waals surface area contributed by atoms with Gasteiger partial charge in [0.2, 0.25) is 5.91 Å². The van der Waals surface area contributed by atoms with Crippen LogP contribution >= 0.6 is 0 Å². The summed E-state index contributed by atoms with van der Waals surface area (Å²) < 4.78 is 0. The second kappa shape index (κ2) is 6.31. The molecule has 1 spiro atoms. The summed E-state index contributed by atoms with van der Waals surface area (Å²) in [5.74, 6) is 0.109. The van der Waals surface area contributed by atoms with Crippen LogP contribution in [-0.2, 0) is 16.2 Å². The number of piperidine rings is 1. The van der Waals surface area contributed by atoms with Gasteiger partial charge in [-0.25, -0.2) is 5.06 Å². The van der Waals surface area contributed by atoms with Crippen molar-refractivity contribution in [1.29, 1.82) is 5.26 Å². The minimum absolute atomic E-state index is 0.109. The molecule has 2 saturated heterocycles. The molecule has 3 rings (SSSR count). The largest absolute Gasteiger partial charge is 0.299 e. The molecule has 0 N–H and O–H groups in total. The fourth-order valence-corrected chi connectivity index (χ4v) is 3.45. The van der Waals surface area contributed by atoms with Gasteiger partial charge in [0, 0.05) is 26.2 Å². The lowest BCUT2D eigenvalue weighted by molar-refractivity contribution is -0.208. The standard InChI is InChI=1S/C18H23N3O2/c1-3-21-17(22)11-18(23-21)6-8-20(9-7-18)13-15-5-4-14(2)16(10-15)12-19/h4-5,10H,3,6-9,11,13H2,1-2H3. The Morgan fingerprint density at radius 2 is 2.09 bits per heavy atom. The molecular weight excluding hydrogens is 290 g/mol. The van der Waals surface area contributed by atoms with E-state index in [1.165, 1.54) is 10.6 Å². The topological polar surface area (TPSA) is 56.6 Å². The van der Waals surface area contributed by atoms with Crippen molar-refractivity contribution in [1.82, 2.24) is 9.96 Å². The molecule has 0 atom stereocenters. The Bertz CT molecular complexity index is 642. The van der Waals surface area contributed by atoms with Crippen LogP contribution in [0.5, 0.6) is 0 Å². The van der Waals surface area contributed by atoms with E-state index in [2.05, 4.69) is 17.0 Å². The summed E-state index contributed by atoms with van der Waals surface area (Å²) in [4.78, 5) is 20.2. The molecule has 1 amide bonds. The van der Waals surface area contributed by atoms with Crippen molar-refractivity contribution in [3.8, 4) is 6.07 Å². The highest BCUT2D eigenvalue weighted by atomic mass is 16.7. The van der Waals surface area contributed by atoms with E-state index in [9.17, 15) is 4.79 Å². The van der Waals surface area contributed by atoms with E-state index in [0.717, 1.165) is 43.6 Å². The minimum atomic E-state index is -0.283. The van der Waals surface area contributed by atoms with Gasteiger partial charge in [-0.2, -0.15) is 5.26 Å². The predicted molar refractivity (Wildman–Crippen MR) is 86.2 cm³/mol. The first-order valence-electron chi connectivity index (χ1n) is 8.27. The lowest BCUT2D eigenvalue weighted by Crippen LogP contribution is -2.44. The van der Waals surface area contributed by atoms with Gasteiger partial charge in [-0.3, -0.25) is 14.5 Å². The van der Waals surface area contributed by atoms with Crippen LogP contribution in [0.15, 0.2) is 18.2 Å². The average molecular weight is 313 g/mol. The molecule has 2 aliphatic heterocycles. The summed E-state index contributed by atoms with van der Waals surface area (Å²) in [5, 5.41) is 10.7. The Kier molecular flexibility index (Phi) is 4.38. The second-order valence-electron chi connectivity index (χ2n) is 6.58. The van der Waals surface area contributed by atoms with E-state index in [0.29, 0.717) is 13.0 Å². The van der Waals surface area contributed by atoms with E-state index in [4.69, 9.17) is 10.1 Å². The van der Waals surface area contributed by atoms with E-state index in [-0.39, 0.29) is 11.5 Å². The highest BCUT2D eigenvalue weighted by molar-refractivity contribution is 5.78. The van der Waals surface area contributed by atoms with Gasteiger partial charge in [0.1, 0.15) is 5.60 Å². The lowest BCUT2D eigenvalue weighted by atomic mass is 9.88. The fraction of sp³-hybridized carbons (Fsp3) is 0.556. The molecule has 0 aromatic heterocycles. The van der Waals surface area contributed by atoms with Gasteiger partial charge >= 0.3 is 0 Å². The third-order valence-electron chi connectivity index (χ3n) is 4.94. The summed E-state index contributed by atoms with van der Waals surface area (Å²) in [5.41, 5.74) is 2.65. The van der Waals surface area contributed by atoms with Crippen molar-refractivity contribution in [2.24, 2.45) is 0 Å². The number of likely N-dealkylation sites (tertiary alicyclic amines) is 1. The van der Waals surface area contributed by atoms with Crippen LogP contribution in [0.1, 0.15) is 42.9 Å². The molecule has 5 heteroatoms. The third-order valence-corrected chi connectivity index (χ3v) is 4.94. The molecule has 5 nitrogen and oxygen atoms in total. The fourth-order valence-electron chi connectivity index (χ4n) is 3.45. The summed E-state index contributed by atoms with van der Waals surface area (Å²) in [7, 11) is 0. The highest BCUT2D eigenvalue weighted by Crippen LogP contribution is 2.36. The van der Waals surface area contributed by atoms with Crippen LogP contribution in [0.25, 0.3) is 0 Å². The minimum Gasteiger partial charge on any atom is -0.299 e. The summed E-state index contributed by atoms with van der Waals surface area (Å²) >= 11 is 0. The number of benzene rings is 1. The maximum atomic E-state index is 11.9. The molecule has 2 aliphatic rings. The molecule has 0 aliphatic carbocycles. The molecule has 23 heavy (non-hydrogen) atoms. The zero-order valence-corrected chi connectivity index (χ0v) is 13.8. The second-order valence-corrected chi connectivity index (χ2v) is 6.58. The van der Waals surface area contributed by atoms with Gasteiger partial charge in [-0.1, -0.05) is 12.1 Å². The normalized spacial score (nSPS) is 20.9. The van der Waals surface area contributed by atoms with Crippen LogP contribution < -0.4 is 0 Å². The third kappa shape index (κ3) is 3.24. The molecule has 1 aromatic carbocycles. The Balaban J connectivity index is 1.60. The van der Waals surface area contributed by atoms with E-state index < -0.39 is 0 Å². The number of rotatable bonds is 3. The Morgan fingerprint density at radius 1 is 1.35 bits per heavy atom. The van der Waals surface area contributed by atoms with Crippen LogP contribution in [0.3, 0.4) is 0 Å². The Morgan fingerprint density at radius 3 is 2.70 bits per heavy atom. The molecular formula is C18H23N3O2. The number of hydrogen-bond acceptors (Lipinski definition) is 4. The van der Waals surface area contributed by atoms with Gasteiger partial charge < -0.3 is 0 Å². The maximum Gasteiger partial charge on any atom is 0.249 e. The number of nitriles is 1. The quantitative estimate of drug-likeness (QED) is 0.860. The molecule has 2 fully saturated rings. The van der Waals surface area contributed by atoms with E-state index >= 15 is 0 Å². The summed E-state index contributed by atoms with van der Waals surface area (Å²) in [6.45, 7) is 7.19. The first-order chi connectivity index (χ1) is 11.0. The number of aryl methyl sites for hydroxylation is 1. The maximum absolute atomic E-state index is 11.9. The number of carbonyl (C=O) groups excluding carboxylic acids is 1. The highest BCUT2D eigenvalue weighted by Gasteiger charge is 2.46. The van der Waals surface area contributed by atoms with Crippen molar-refractivity contribution < 1.29 is 9.63 Å². The molecule has 122 valence electrons. The van der Waals surface area contributed by atoms with Gasteiger partial charge in [0.15, 0.2) is 0 Å². The zero-order chi connectivity index (χ0) is 16.4. The van der Waals surface area contributed by atoms with Crippen LogP contribution in [0.2, 0.25) is 0 Å². The van der Waals surface area contributed by atoms with Gasteiger partial charge in [0.05, 0.1) is 18.1 Å². The lowest BCUT2D eigenvalue weighted by Gasteiger charge is -2.37. The summed E-state index contributed by atoms with van der Waals surface area (Å²) in [6, 6.07) is 8.33. The molecule has 0 unspecified atom stereocenters. The Labute approximate surface area is 137 Å². The van der Waals surface area contributed by atoms with Crippen LogP contribution in [-0.4, -0.2) is 41.1 Å². The van der Waals surface area contributed by atoms with Crippen molar-refractivity contribution in [3.63, 3.8) is 0 Å². The Hall–Kier alpha value is -1.90. The molecule has 0 bridgehead atoms. The molecule has 2 heterocycles. The van der Waals surface area contributed by atoms with Crippen LogP contribution in [0, 0.1) is 18.3 Å². The van der Waals surface area contributed by atoms with E-state index in [1.807, 2.05) is 26.0 Å². The first-order valence-corrected chi connectivity index (χ1v) is 8.27. The van der Waals surface area contributed by atoms with Crippen molar-refractivity contribution in [2.75, 3.05) is 19.6 Å². The number of hydroxylamine groups is 2. The SMILES string of the molecule is CCN1OC2(CCN(Cc3ccc(C)c(C#N)c3)CC2)CC1=O.